The van der Waals surface area contributed by atoms with E-state index in [-0.39, 0.29) is 5.56 Å². The van der Waals surface area contributed by atoms with Crippen LogP contribution in [0.1, 0.15) is 12.8 Å². The lowest BCUT2D eigenvalue weighted by atomic mass is 10.2. The number of likely N-dealkylation sites (tertiary alicyclic amines) is 1. The average Bonchev–Trinajstić information content (AvgIpc) is 2.83. The van der Waals surface area contributed by atoms with Crippen LogP contribution < -0.4 is 10.3 Å². The summed E-state index contributed by atoms with van der Waals surface area (Å²) in [5, 5.41) is 0.569. The fourth-order valence-electron chi connectivity index (χ4n) is 2.52. The maximum atomic E-state index is 11.7. The number of benzene rings is 1. The molecule has 2 aromatic rings. The fourth-order valence-corrected chi connectivity index (χ4v) is 2.52. The molecule has 5 heteroatoms. The van der Waals surface area contributed by atoms with E-state index in [9.17, 15) is 4.79 Å². The number of nitrogens with zero attached hydrogens (tertiary/aromatic N) is 2. The predicted molar refractivity (Wildman–Crippen MR) is 73.5 cm³/mol. The van der Waals surface area contributed by atoms with Crippen LogP contribution in [0.2, 0.25) is 0 Å². The molecular formula is C14H17N3O2. The van der Waals surface area contributed by atoms with E-state index in [1.807, 2.05) is 12.1 Å². The van der Waals surface area contributed by atoms with Gasteiger partial charge in [-0.3, -0.25) is 4.79 Å². The first kappa shape index (κ1) is 12.2. The number of aromatic amines is 1. The van der Waals surface area contributed by atoms with Crippen LogP contribution >= 0.6 is 0 Å². The van der Waals surface area contributed by atoms with Crippen LogP contribution in [0.25, 0.3) is 10.9 Å². The van der Waals surface area contributed by atoms with Crippen molar-refractivity contribution in [3.63, 3.8) is 0 Å². The van der Waals surface area contributed by atoms with Gasteiger partial charge in [0.05, 0.1) is 17.2 Å². The van der Waals surface area contributed by atoms with E-state index in [1.54, 1.807) is 6.07 Å². The first-order valence-corrected chi connectivity index (χ1v) is 6.54. The van der Waals surface area contributed by atoms with Crippen LogP contribution in [0.15, 0.2) is 29.3 Å². The van der Waals surface area contributed by atoms with Crippen molar-refractivity contribution in [2.45, 2.75) is 18.9 Å². The smallest absolute Gasteiger partial charge is 0.258 e. The summed E-state index contributed by atoms with van der Waals surface area (Å²) in [4.78, 5) is 20.7. The number of likely N-dealkylation sites (N-methyl/N-ethyl adjacent to an activating group) is 1. The van der Waals surface area contributed by atoms with Crippen molar-refractivity contribution in [2.24, 2.45) is 0 Å². The summed E-state index contributed by atoms with van der Waals surface area (Å²) >= 11 is 0. The van der Waals surface area contributed by atoms with Crippen molar-refractivity contribution in [3.8, 4) is 5.75 Å². The Morgan fingerprint density at radius 2 is 2.42 bits per heavy atom. The van der Waals surface area contributed by atoms with Gasteiger partial charge in [0.2, 0.25) is 0 Å². The summed E-state index contributed by atoms with van der Waals surface area (Å²) in [5.74, 6) is 0.728. The van der Waals surface area contributed by atoms with Crippen LogP contribution in [0.5, 0.6) is 5.75 Å². The van der Waals surface area contributed by atoms with Gasteiger partial charge in [0, 0.05) is 6.04 Å². The SMILES string of the molecule is CN1CCC[C@H]1COc1ccc2nc[nH]c(=O)c2c1. The van der Waals surface area contributed by atoms with Gasteiger partial charge in [-0.25, -0.2) is 4.98 Å². The Kier molecular flexibility index (Phi) is 3.21. The van der Waals surface area contributed by atoms with Gasteiger partial charge >= 0.3 is 0 Å². The second-order valence-electron chi connectivity index (χ2n) is 5.00. The maximum absolute atomic E-state index is 11.7. The highest BCUT2D eigenvalue weighted by Gasteiger charge is 2.21. The normalized spacial score (nSPS) is 19.9. The van der Waals surface area contributed by atoms with Crippen molar-refractivity contribution in [3.05, 3.63) is 34.9 Å². The molecule has 0 saturated carbocycles. The number of fused-ring (bicyclic) bond motifs is 1. The Bertz CT molecular complexity index is 638. The lowest BCUT2D eigenvalue weighted by Gasteiger charge is -2.19. The first-order valence-electron chi connectivity index (χ1n) is 6.54. The highest BCUT2D eigenvalue weighted by atomic mass is 16.5. The van der Waals surface area contributed by atoms with Crippen LogP contribution in [-0.4, -0.2) is 41.1 Å². The lowest BCUT2D eigenvalue weighted by Crippen LogP contribution is -2.30. The molecular weight excluding hydrogens is 242 g/mol. The zero-order valence-corrected chi connectivity index (χ0v) is 10.9. The minimum atomic E-state index is -0.131. The topological polar surface area (TPSA) is 58.2 Å². The Balaban J connectivity index is 1.78. The zero-order valence-electron chi connectivity index (χ0n) is 10.9. The molecule has 1 N–H and O–H groups in total. The number of aromatic nitrogens is 2. The molecule has 1 aromatic carbocycles. The standard InChI is InChI=1S/C14H17N3O2/c1-17-6-2-3-10(17)8-19-11-4-5-13-12(7-11)14(18)16-9-15-13/h4-5,7,9-10H,2-3,6,8H2,1H3,(H,15,16,18)/t10-/m0/s1. The second-order valence-corrected chi connectivity index (χ2v) is 5.00. The maximum Gasteiger partial charge on any atom is 0.258 e. The molecule has 5 nitrogen and oxygen atoms in total. The van der Waals surface area contributed by atoms with E-state index in [1.165, 1.54) is 19.2 Å². The third-order valence-corrected chi connectivity index (χ3v) is 3.73. The fraction of sp³-hybridized carbons (Fsp3) is 0.429. The molecule has 1 aliphatic rings. The Labute approximate surface area is 111 Å². The molecule has 1 aliphatic heterocycles. The molecule has 0 radical (unpaired) electrons. The van der Waals surface area contributed by atoms with E-state index >= 15 is 0 Å². The molecule has 19 heavy (non-hydrogen) atoms. The average molecular weight is 259 g/mol. The summed E-state index contributed by atoms with van der Waals surface area (Å²) in [6.07, 6.45) is 3.82. The number of rotatable bonds is 3. The number of H-pyrrole nitrogens is 1. The van der Waals surface area contributed by atoms with Gasteiger partial charge in [0.25, 0.3) is 5.56 Å². The lowest BCUT2D eigenvalue weighted by molar-refractivity contribution is 0.198. The van der Waals surface area contributed by atoms with Crippen LogP contribution in [0, 0.1) is 0 Å². The van der Waals surface area contributed by atoms with E-state index in [4.69, 9.17) is 4.74 Å². The predicted octanol–water partition coefficient (Wildman–Crippen LogP) is 1.40. The molecule has 0 bridgehead atoms. The monoisotopic (exact) mass is 259 g/mol. The van der Waals surface area contributed by atoms with Gasteiger partial charge in [-0.2, -0.15) is 0 Å². The third kappa shape index (κ3) is 2.46. The van der Waals surface area contributed by atoms with E-state index in [0.29, 0.717) is 23.6 Å². The summed E-state index contributed by atoms with van der Waals surface area (Å²) in [6, 6.07) is 5.92. The molecule has 1 atom stereocenters. The van der Waals surface area contributed by atoms with Gasteiger partial charge in [-0.15, -0.1) is 0 Å². The highest BCUT2D eigenvalue weighted by molar-refractivity contribution is 5.78. The molecule has 3 rings (SSSR count). The second kappa shape index (κ2) is 5.01. The van der Waals surface area contributed by atoms with Gasteiger partial charge in [0.15, 0.2) is 0 Å². The van der Waals surface area contributed by atoms with E-state index < -0.39 is 0 Å². The third-order valence-electron chi connectivity index (χ3n) is 3.73. The van der Waals surface area contributed by atoms with Crippen LogP contribution in [0.3, 0.4) is 0 Å². The largest absolute Gasteiger partial charge is 0.492 e. The molecule has 1 saturated heterocycles. The summed E-state index contributed by atoms with van der Waals surface area (Å²) in [7, 11) is 2.12. The number of ether oxygens (including phenoxy) is 1. The van der Waals surface area contributed by atoms with Crippen molar-refractivity contribution < 1.29 is 4.74 Å². The summed E-state index contributed by atoms with van der Waals surface area (Å²) < 4.78 is 5.80. The highest BCUT2D eigenvalue weighted by Crippen LogP contribution is 2.19. The Hall–Kier alpha value is -1.88. The van der Waals surface area contributed by atoms with Crippen molar-refractivity contribution in [2.75, 3.05) is 20.2 Å². The van der Waals surface area contributed by atoms with Gasteiger partial charge in [0.1, 0.15) is 12.4 Å². The zero-order chi connectivity index (χ0) is 13.2. The van der Waals surface area contributed by atoms with Gasteiger partial charge < -0.3 is 14.6 Å². The molecule has 0 unspecified atom stereocenters. The quantitative estimate of drug-likeness (QED) is 0.905. The molecule has 1 aromatic heterocycles. The molecule has 0 amide bonds. The van der Waals surface area contributed by atoms with Crippen LogP contribution in [-0.2, 0) is 0 Å². The molecule has 0 aliphatic carbocycles. The summed E-state index contributed by atoms with van der Waals surface area (Å²) in [6.45, 7) is 1.80. The molecule has 100 valence electrons. The Morgan fingerprint density at radius 3 is 3.21 bits per heavy atom. The van der Waals surface area contributed by atoms with Crippen molar-refractivity contribution in [1.29, 1.82) is 0 Å². The summed E-state index contributed by atoms with van der Waals surface area (Å²) in [5.41, 5.74) is 0.558. The minimum absolute atomic E-state index is 0.131. The first-order chi connectivity index (χ1) is 9.24. The van der Waals surface area contributed by atoms with Crippen LogP contribution in [0.4, 0.5) is 0 Å². The van der Waals surface area contributed by atoms with Crippen molar-refractivity contribution in [1.82, 2.24) is 14.9 Å². The van der Waals surface area contributed by atoms with E-state index in [2.05, 4.69) is 21.9 Å². The van der Waals surface area contributed by atoms with E-state index in [0.717, 1.165) is 12.3 Å². The number of hydrogen-bond donors (Lipinski definition) is 1. The van der Waals surface area contributed by atoms with Crippen molar-refractivity contribution >= 4 is 10.9 Å². The van der Waals surface area contributed by atoms with Gasteiger partial charge in [-0.1, -0.05) is 0 Å². The minimum Gasteiger partial charge on any atom is -0.492 e. The number of nitrogens with one attached hydrogen (secondary N) is 1. The Morgan fingerprint density at radius 1 is 1.53 bits per heavy atom. The molecule has 2 heterocycles. The molecule has 0 spiro atoms. The number of hydrogen-bond acceptors (Lipinski definition) is 4. The molecule has 1 fully saturated rings. The van der Waals surface area contributed by atoms with Gasteiger partial charge in [-0.05, 0) is 44.6 Å².